The van der Waals surface area contributed by atoms with E-state index in [1.165, 1.54) is 0 Å². The minimum absolute atomic E-state index is 0.605. The van der Waals surface area contributed by atoms with Crippen LogP contribution in [-0.4, -0.2) is 4.98 Å². The number of hydrogen-bond acceptors (Lipinski definition) is 3. The molecule has 0 radical (unpaired) electrons. The molecule has 0 saturated carbocycles. The van der Waals surface area contributed by atoms with Crippen molar-refractivity contribution in [2.75, 3.05) is 5.73 Å². The van der Waals surface area contributed by atoms with E-state index in [-0.39, 0.29) is 0 Å². The molecule has 3 aromatic rings. The number of rotatable bonds is 2. The summed E-state index contributed by atoms with van der Waals surface area (Å²) in [6, 6.07) is 15.2. The maximum absolute atomic E-state index is 6.12. The van der Waals surface area contributed by atoms with Crippen LogP contribution in [0.4, 0.5) is 5.69 Å². The molecule has 94 valence electrons. The van der Waals surface area contributed by atoms with Gasteiger partial charge in [0.05, 0.1) is 11.2 Å². The Bertz CT molecular complexity index is 726. The molecule has 0 aliphatic heterocycles. The van der Waals surface area contributed by atoms with Crippen molar-refractivity contribution in [2.24, 2.45) is 0 Å². The van der Waals surface area contributed by atoms with Crippen molar-refractivity contribution in [2.45, 2.75) is 0 Å². The first-order valence-electron chi connectivity index (χ1n) is 5.81. The summed E-state index contributed by atoms with van der Waals surface area (Å²) in [5.41, 5.74) is 7.59. The monoisotopic (exact) mass is 314 g/mol. The van der Waals surface area contributed by atoms with Crippen molar-refractivity contribution in [1.82, 2.24) is 4.98 Å². The van der Waals surface area contributed by atoms with Crippen molar-refractivity contribution in [1.29, 1.82) is 0 Å². The van der Waals surface area contributed by atoms with E-state index < -0.39 is 0 Å². The number of nitrogens with two attached hydrogens (primary N) is 1. The van der Waals surface area contributed by atoms with Crippen molar-refractivity contribution in [3.63, 3.8) is 0 Å². The zero-order chi connectivity index (χ0) is 13.2. The first-order chi connectivity index (χ1) is 9.24. The van der Waals surface area contributed by atoms with Gasteiger partial charge in [0, 0.05) is 16.1 Å². The molecule has 2 N–H and O–H groups in total. The number of halogens is 1. The average Bonchev–Trinajstić information content (AvgIpc) is 2.45. The molecular weight excluding hydrogens is 304 g/mol. The first-order valence-corrected chi connectivity index (χ1v) is 6.60. The standard InChI is InChI=1S/C15H11BrN2O/c16-10-3-5-11(6-4-10)19-14-8-7-13-12(15(14)17)2-1-9-18-13/h1-9H,17H2. The number of aromatic nitrogens is 1. The number of pyridine rings is 1. The Labute approximate surface area is 119 Å². The Kier molecular flexibility index (Phi) is 3.09. The van der Waals surface area contributed by atoms with Crippen LogP contribution in [0.3, 0.4) is 0 Å². The van der Waals surface area contributed by atoms with Crippen LogP contribution in [0.25, 0.3) is 10.9 Å². The summed E-state index contributed by atoms with van der Waals surface area (Å²) in [5.74, 6) is 1.39. The van der Waals surface area contributed by atoms with Gasteiger partial charge >= 0.3 is 0 Å². The topological polar surface area (TPSA) is 48.1 Å². The van der Waals surface area contributed by atoms with E-state index in [4.69, 9.17) is 10.5 Å². The Morgan fingerprint density at radius 1 is 1.00 bits per heavy atom. The minimum atomic E-state index is 0.605. The molecule has 2 aromatic carbocycles. The number of nitrogen functional groups attached to an aromatic ring is 1. The maximum atomic E-state index is 6.12. The third kappa shape index (κ3) is 2.39. The van der Waals surface area contributed by atoms with Crippen LogP contribution in [0.2, 0.25) is 0 Å². The van der Waals surface area contributed by atoms with E-state index in [9.17, 15) is 0 Å². The predicted octanol–water partition coefficient (Wildman–Crippen LogP) is 4.37. The molecule has 0 atom stereocenters. The number of anilines is 1. The molecular formula is C15H11BrN2O. The van der Waals surface area contributed by atoms with E-state index in [0.29, 0.717) is 11.4 Å². The zero-order valence-electron chi connectivity index (χ0n) is 10.0. The molecule has 0 amide bonds. The van der Waals surface area contributed by atoms with Crippen molar-refractivity contribution >= 4 is 32.5 Å². The molecule has 0 bridgehead atoms. The van der Waals surface area contributed by atoms with Crippen LogP contribution in [0, 0.1) is 0 Å². The first kappa shape index (κ1) is 12.0. The lowest BCUT2D eigenvalue weighted by Gasteiger charge is -2.10. The number of benzene rings is 2. The molecule has 3 nitrogen and oxygen atoms in total. The fourth-order valence-corrected chi connectivity index (χ4v) is 2.14. The quantitative estimate of drug-likeness (QED) is 0.714. The van der Waals surface area contributed by atoms with Gasteiger partial charge < -0.3 is 10.5 Å². The molecule has 0 aliphatic carbocycles. The van der Waals surface area contributed by atoms with Gasteiger partial charge in [-0.1, -0.05) is 15.9 Å². The predicted molar refractivity (Wildman–Crippen MR) is 80.4 cm³/mol. The van der Waals surface area contributed by atoms with Gasteiger partial charge in [-0.15, -0.1) is 0 Å². The summed E-state index contributed by atoms with van der Waals surface area (Å²) in [5, 5.41) is 0.900. The van der Waals surface area contributed by atoms with Crippen molar-refractivity contribution in [3.05, 3.63) is 59.2 Å². The molecule has 4 heteroatoms. The van der Waals surface area contributed by atoms with Gasteiger partial charge in [-0.25, -0.2) is 0 Å². The molecule has 0 unspecified atom stereocenters. The molecule has 0 fully saturated rings. The molecule has 0 spiro atoms. The van der Waals surface area contributed by atoms with Crippen LogP contribution < -0.4 is 10.5 Å². The van der Waals surface area contributed by atoms with Crippen LogP contribution in [0.15, 0.2) is 59.2 Å². The normalized spacial score (nSPS) is 10.6. The smallest absolute Gasteiger partial charge is 0.151 e. The van der Waals surface area contributed by atoms with Gasteiger partial charge in [-0.3, -0.25) is 4.98 Å². The number of ether oxygens (including phenoxy) is 1. The number of hydrogen-bond donors (Lipinski definition) is 1. The largest absolute Gasteiger partial charge is 0.455 e. The summed E-state index contributed by atoms with van der Waals surface area (Å²) in [6.07, 6.45) is 1.75. The van der Waals surface area contributed by atoms with Crippen molar-refractivity contribution in [3.8, 4) is 11.5 Å². The molecule has 3 rings (SSSR count). The second kappa shape index (κ2) is 4.90. The van der Waals surface area contributed by atoms with Crippen LogP contribution in [0.1, 0.15) is 0 Å². The highest BCUT2D eigenvalue weighted by molar-refractivity contribution is 9.10. The Morgan fingerprint density at radius 2 is 1.79 bits per heavy atom. The van der Waals surface area contributed by atoms with Gasteiger partial charge in [-0.2, -0.15) is 0 Å². The third-order valence-electron chi connectivity index (χ3n) is 2.83. The van der Waals surface area contributed by atoms with E-state index in [1.807, 2.05) is 48.5 Å². The Morgan fingerprint density at radius 3 is 2.58 bits per heavy atom. The molecule has 0 saturated heterocycles. The summed E-state index contributed by atoms with van der Waals surface area (Å²) in [4.78, 5) is 4.26. The second-order valence-electron chi connectivity index (χ2n) is 4.10. The van der Waals surface area contributed by atoms with Crippen molar-refractivity contribution < 1.29 is 4.74 Å². The highest BCUT2D eigenvalue weighted by Gasteiger charge is 2.06. The third-order valence-corrected chi connectivity index (χ3v) is 3.36. The molecule has 19 heavy (non-hydrogen) atoms. The lowest BCUT2D eigenvalue weighted by Crippen LogP contribution is -1.94. The SMILES string of the molecule is Nc1c(Oc2ccc(Br)cc2)ccc2ncccc12. The van der Waals surface area contributed by atoms with E-state index in [0.717, 1.165) is 21.1 Å². The molecule has 1 heterocycles. The summed E-state index contributed by atoms with van der Waals surface area (Å²) < 4.78 is 6.81. The number of fused-ring (bicyclic) bond motifs is 1. The van der Waals surface area contributed by atoms with Gasteiger partial charge in [0.25, 0.3) is 0 Å². The lowest BCUT2D eigenvalue weighted by molar-refractivity contribution is 0.485. The van der Waals surface area contributed by atoms with Gasteiger partial charge in [-0.05, 0) is 48.5 Å². The minimum Gasteiger partial charge on any atom is -0.455 e. The molecule has 1 aromatic heterocycles. The van der Waals surface area contributed by atoms with Gasteiger partial charge in [0.2, 0.25) is 0 Å². The lowest BCUT2D eigenvalue weighted by atomic mass is 10.1. The van der Waals surface area contributed by atoms with Crippen LogP contribution in [-0.2, 0) is 0 Å². The summed E-state index contributed by atoms with van der Waals surface area (Å²) in [6.45, 7) is 0. The Balaban J connectivity index is 2.01. The van der Waals surface area contributed by atoms with E-state index in [1.54, 1.807) is 6.20 Å². The highest BCUT2D eigenvalue weighted by atomic mass is 79.9. The average molecular weight is 315 g/mol. The summed E-state index contributed by atoms with van der Waals surface area (Å²) in [7, 11) is 0. The van der Waals surface area contributed by atoms with E-state index in [2.05, 4.69) is 20.9 Å². The van der Waals surface area contributed by atoms with Crippen LogP contribution >= 0.6 is 15.9 Å². The fourth-order valence-electron chi connectivity index (χ4n) is 1.87. The van der Waals surface area contributed by atoms with Gasteiger partial charge in [0.15, 0.2) is 5.75 Å². The van der Waals surface area contributed by atoms with Crippen LogP contribution in [0.5, 0.6) is 11.5 Å². The van der Waals surface area contributed by atoms with E-state index >= 15 is 0 Å². The maximum Gasteiger partial charge on any atom is 0.151 e. The Hall–Kier alpha value is -2.07. The molecule has 0 aliphatic rings. The van der Waals surface area contributed by atoms with Gasteiger partial charge in [0.1, 0.15) is 5.75 Å². The summed E-state index contributed by atoms with van der Waals surface area (Å²) >= 11 is 3.39. The second-order valence-corrected chi connectivity index (χ2v) is 5.02. The number of nitrogens with zero attached hydrogens (tertiary/aromatic N) is 1. The highest BCUT2D eigenvalue weighted by Crippen LogP contribution is 2.33. The fraction of sp³-hybridized carbons (Fsp3) is 0. The zero-order valence-corrected chi connectivity index (χ0v) is 11.6.